The first-order chi connectivity index (χ1) is 5.22. The first-order valence-electron chi connectivity index (χ1n) is 4.35. The second-order valence-corrected chi connectivity index (χ2v) is 2.75. The molecule has 0 aliphatic carbocycles. The van der Waals surface area contributed by atoms with Crippen molar-refractivity contribution in [2.24, 2.45) is 0 Å². The zero-order chi connectivity index (χ0) is 8.69. The second kappa shape index (κ2) is 6.58. The van der Waals surface area contributed by atoms with Crippen LogP contribution in [0.25, 0.3) is 0 Å². The van der Waals surface area contributed by atoms with Crippen molar-refractivity contribution < 1.29 is 0 Å². The fraction of sp³-hybridized carbons (Fsp3) is 1.00. The van der Waals surface area contributed by atoms with Crippen LogP contribution in [0.4, 0.5) is 0 Å². The molecule has 0 atom stereocenters. The number of hydrogen-bond donors (Lipinski definition) is 1. The molecule has 0 aromatic carbocycles. The highest BCUT2D eigenvalue weighted by Gasteiger charge is 2.01. The van der Waals surface area contributed by atoms with E-state index in [0.29, 0.717) is 0 Å². The van der Waals surface area contributed by atoms with Crippen molar-refractivity contribution in [1.29, 1.82) is 0 Å². The zero-order valence-corrected chi connectivity index (χ0v) is 8.22. The van der Waals surface area contributed by atoms with Gasteiger partial charge >= 0.3 is 0 Å². The first-order valence-corrected chi connectivity index (χ1v) is 4.35. The minimum atomic E-state index is 1.06. The molecule has 0 aliphatic rings. The number of nitrogens with zero attached hydrogens (tertiary/aromatic N) is 2. The van der Waals surface area contributed by atoms with Crippen LogP contribution in [-0.2, 0) is 0 Å². The maximum Gasteiger partial charge on any atom is 0.0258 e. The number of hydrogen-bond acceptors (Lipinski definition) is 3. The fourth-order valence-corrected chi connectivity index (χ4v) is 1.03. The van der Waals surface area contributed by atoms with Crippen LogP contribution < -0.4 is 5.32 Å². The maximum atomic E-state index is 3.30. The number of rotatable bonds is 6. The molecule has 1 N–H and O–H groups in total. The third kappa shape index (κ3) is 5.18. The molecular formula is C8H21N3. The van der Waals surface area contributed by atoms with Crippen LogP contribution in [-0.4, -0.2) is 50.3 Å². The Balaban J connectivity index is 3.36. The first kappa shape index (κ1) is 10.9. The topological polar surface area (TPSA) is 18.5 Å². The highest BCUT2D eigenvalue weighted by atomic mass is 15.6. The third-order valence-electron chi connectivity index (χ3n) is 1.73. The normalized spacial score (nSPS) is 11.5. The van der Waals surface area contributed by atoms with E-state index in [4.69, 9.17) is 0 Å². The Kier molecular flexibility index (Phi) is 6.51. The van der Waals surface area contributed by atoms with Gasteiger partial charge in [-0.3, -0.25) is 0 Å². The summed E-state index contributed by atoms with van der Waals surface area (Å²) in [7, 11) is 4.16. The van der Waals surface area contributed by atoms with E-state index in [0.717, 1.165) is 26.2 Å². The van der Waals surface area contributed by atoms with Crippen molar-refractivity contribution in [3.8, 4) is 0 Å². The quantitative estimate of drug-likeness (QED) is 0.447. The molecule has 0 radical (unpaired) electrons. The predicted octanol–water partition coefficient (Wildman–Crippen LogP) is 0.394. The lowest BCUT2D eigenvalue weighted by molar-refractivity contribution is 0.0325. The van der Waals surface area contributed by atoms with Crippen LogP contribution >= 0.6 is 0 Å². The molecule has 0 rings (SSSR count). The summed E-state index contributed by atoms with van der Waals surface area (Å²) in [5, 5.41) is 7.73. The lowest BCUT2D eigenvalue weighted by Crippen LogP contribution is -2.41. The molecular weight excluding hydrogens is 138 g/mol. The van der Waals surface area contributed by atoms with Gasteiger partial charge in [0.1, 0.15) is 0 Å². The Morgan fingerprint density at radius 3 is 2.18 bits per heavy atom. The summed E-state index contributed by atoms with van der Waals surface area (Å²) >= 11 is 0. The molecule has 0 saturated carbocycles. The van der Waals surface area contributed by atoms with Crippen molar-refractivity contribution in [3.05, 3.63) is 0 Å². The van der Waals surface area contributed by atoms with Gasteiger partial charge in [-0.25, -0.2) is 10.0 Å². The highest BCUT2D eigenvalue weighted by molar-refractivity contribution is 4.51. The van der Waals surface area contributed by atoms with E-state index < -0.39 is 0 Å². The van der Waals surface area contributed by atoms with E-state index in [1.54, 1.807) is 0 Å². The molecule has 0 amide bonds. The van der Waals surface area contributed by atoms with Gasteiger partial charge in [0.25, 0.3) is 0 Å². The Morgan fingerprint density at radius 1 is 1.18 bits per heavy atom. The Labute approximate surface area is 70.3 Å². The van der Waals surface area contributed by atoms with Gasteiger partial charge in [-0.15, -0.1) is 0 Å². The second-order valence-electron chi connectivity index (χ2n) is 2.75. The lowest BCUT2D eigenvalue weighted by atomic mass is 10.5. The van der Waals surface area contributed by atoms with Gasteiger partial charge in [0.15, 0.2) is 0 Å². The van der Waals surface area contributed by atoms with E-state index in [-0.39, 0.29) is 0 Å². The molecule has 0 aromatic heterocycles. The average Bonchev–Trinajstić information content (AvgIpc) is 1.97. The van der Waals surface area contributed by atoms with E-state index in [9.17, 15) is 0 Å². The van der Waals surface area contributed by atoms with E-state index in [1.165, 1.54) is 0 Å². The van der Waals surface area contributed by atoms with Crippen molar-refractivity contribution in [2.75, 3.05) is 40.3 Å². The minimum Gasteiger partial charge on any atom is -0.316 e. The van der Waals surface area contributed by atoms with Crippen molar-refractivity contribution in [1.82, 2.24) is 15.3 Å². The molecule has 0 unspecified atom stereocenters. The molecule has 0 aromatic rings. The van der Waals surface area contributed by atoms with Gasteiger partial charge in [0, 0.05) is 33.7 Å². The van der Waals surface area contributed by atoms with Gasteiger partial charge in [-0.1, -0.05) is 13.8 Å². The summed E-state index contributed by atoms with van der Waals surface area (Å²) < 4.78 is 0. The fourth-order valence-electron chi connectivity index (χ4n) is 1.03. The number of likely N-dealkylation sites (N-methyl/N-ethyl adjacent to an activating group) is 2. The van der Waals surface area contributed by atoms with Crippen molar-refractivity contribution >= 4 is 0 Å². The van der Waals surface area contributed by atoms with Crippen LogP contribution in [0.1, 0.15) is 13.8 Å². The Morgan fingerprint density at radius 2 is 1.82 bits per heavy atom. The van der Waals surface area contributed by atoms with Crippen LogP contribution in [0.2, 0.25) is 0 Å². The van der Waals surface area contributed by atoms with E-state index in [1.807, 2.05) is 0 Å². The van der Waals surface area contributed by atoms with Crippen molar-refractivity contribution in [3.63, 3.8) is 0 Å². The molecule has 0 fully saturated rings. The van der Waals surface area contributed by atoms with Crippen LogP contribution in [0.3, 0.4) is 0 Å². The molecule has 3 heteroatoms. The third-order valence-corrected chi connectivity index (χ3v) is 1.73. The Bertz CT molecular complexity index is 83.4. The summed E-state index contributed by atoms with van der Waals surface area (Å²) in [4.78, 5) is 0. The zero-order valence-electron chi connectivity index (χ0n) is 8.22. The largest absolute Gasteiger partial charge is 0.316 e. The van der Waals surface area contributed by atoms with Crippen LogP contribution in [0.15, 0.2) is 0 Å². The summed E-state index contributed by atoms with van der Waals surface area (Å²) in [6.07, 6.45) is 0. The number of hydrazine groups is 1. The van der Waals surface area contributed by atoms with Crippen LogP contribution in [0, 0.1) is 0 Å². The Hall–Kier alpha value is -0.120. The van der Waals surface area contributed by atoms with Gasteiger partial charge in [0.05, 0.1) is 0 Å². The smallest absolute Gasteiger partial charge is 0.0258 e. The monoisotopic (exact) mass is 159 g/mol. The van der Waals surface area contributed by atoms with Crippen molar-refractivity contribution in [2.45, 2.75) is 13.8 Å². The van der Waals surface area contributed by atoms with Gasteiger partial charge in [0.2, 0.25) is 0 Å². The lowest BCUT2D eigenvalue weighted by Gasteiger charge is -2.27. The van der Waals surface area contributed by atoms with Crippen LogP contribution in [0.5, 0.6) is 0 Å². The van der Waals surface area contributed by atoms with Gasteiger partial charge in [-0.2, -0.15) is 0 Å². The maximum absolute atomic E-state index is 3.30. The highest BCUT2D eigenvalue weighted by Crippen LogP contribution is 1.87. The molecule has 0 heterocycles. The van der Waals surface area contributed by atoms with Gasteiger partial charge in [-0.05, 0) is 6.54 Å². The van der Waals surface area contributed by atoms with E-state index in [2.05, 4.69) is 43.3 Å². The SMILES string of the molecule is CCNCCN(CC)N(C)C. The molecule has 0 bridgehead atoms. The molecule has 68 valence electrons. The molecule has 0 spiro atoms. The summed E-state index contributed by atoms with van der Waals surface area (Å²) in [6, 6.07) is 0. The van der Waals surface area contributed by atoms with Gasteiger partial charge < -0.3 is 5.32 Å². The minimum absolute atomic E-state index is 1.06. The average molecular weight is 159 g/mol. The standard InChI is InChI=1S/C8H21N3/c1-5-9-7-8-11(6-2)10(3)4/h9H,5-8H2,1-4H3. The molecule has 0 aliphatic heterocycles. The predicted molar refractivity (Wildman–Crippen MR) is 49.5 cm³/mol. The molecule has 3 nitrogen and oxygen atoms in total. The molecule has 11 heavy (non-hydrogen) atoms. The van der Waals surface area contributed by atoms with E-state index >= 15 is 0 Å². The summed E-state index contributed by atoms with van der Waals surface area (Å²) in [5.41, 5.74) is 0. The number of nitrogens with one attached hydrogen (secondary N) is 1. The summed E-state index contributed by atoms with van der Waals surface area (Å²) in [5.74, 6) is 0. The summed E-state index contributed by atoms with van der Waals surface area (Å²) in [6.45, 7) is 8.61. The molecule has 0 saturated heterocycles.